The first-order valence-electron chi connectivity index (χ1n) is 12.1. The standard InChI is InChI=1S/C28H27ClN4O5S2/c1-5-13-33-25(17(2)38-21-8-6-7-19(29)14-21)31-32-28(33)40-16-23(34)30-26-24(27(35)37-4)22(15-39-26)18-9-11-20(36-3)12-10-18/h5-12,14-15,17H,1,13,16H2,2-4H3,(H,30,34). The fourth-order valence-corrected chi connectivity index (χ4v) is 5.74. The molecule has 12 heteroatoms. The van der Waals surface area contributed by atoms with Crippen molar-refractivity contribution >= 4 is 51.6 Å². The molecule has 4 rings (SSSR count). The number of rotatable bonds is 12. The number of methoxy groups -OCH3 is 2. The van der Waals surface area contributed by atoms with Crippen LogP contribution in [-0.4, -0.2) is 46.6 Å². The second-order valence-corrected chi connectivity index (χ2v) is 10.6. The Morgan fingerprint density at radius 2 is 1.95 bits per heavy atom. The second-order valence-electron chi connectivity index (χ2n) is 8.37. The minimum absolute atomic E-state index is 0.0369. The van der Waals surface area contributed by atoms with Gasteiger partial charge in [-0.05, 0) is 42.8 Å². The van der Waals surface area contributed by atoms with E-state index >= 15 is 0 Å². The molecule has 0 bridgehead atoms. The van der Waals surface area contributed by atoms with Crippen LogP contribution in [-0.2, 0) is 16.1 Å². The summed E-state index contributed by atoms with van der Waals surface area (Å²) in [5, 5.41) is 14.7. The number of nitrogens with zero attached hydrogens (tertiary/aromatic N) is 3. The molecule has 2 aromatic carbocycles. The lowest BCUT2D eigenvalue weighted by molar-refractivity contribution is -0.113. The van der Waals surface area contributed by atoms with Gasteiger partial charge < -0.3 is 19.5 Å². The highest BCUT2D eigenvalue weighted by atomic mass is 35.5. The highest BCUT2D eigenvalue weighted by Crippen LogP contribution is 2.37. The maximum atomic E-state index is 13.0. The van der Waals surface area contributed by atoms with E-state index in [9.17, 15) is 9.59 Å². The molecule has 0 aliphatic heterocycles. The van der Waals surface area contributed by atoms with Crippen LogP contribution in [0.25, 0.3) is 11.1 Å². The number of thiophene rings is 1. The summed E-state index contributed by atoms with van der Waals surface area (Å²) in [5.41, 5.74) is 1.75. The van der Waals surface area contributed by atoms with Crippen LogP contribution in [0.5, 0.6) is 11.5 Å². The average molecular weight is 599 g/mol. The van der Waals surface area contributed by atoms with E-state index in [4.69, 9.17) is 25.8 Å². The Morgan fingerprint density at radius 3 is 2.62 bits per heavy atom. The van der Waals surface area contributed by atoms with Gasteiger partial charge in [0.1, 0.15) is 22.1 Å². The third-order valence-electron chi connectivity index (χ3n) is 5.70. The van der Waals surface area contributed by atoms with Gasteiger partial charge in [-0.15, -0.1) is 28.1 Å². The van der Waals surface area contributed by atoms with E-state index in [1.807, 2.05) is 35.1 Å². The summed E-state index contributed by atoms with van der Waals surface area (Å²) in [6.45, 7) is 6.11. The number of hydrogen-bond acceptors (Lipinski definition) is 9. The number of benzene rings is 2. The van der Waals surface area contributed by atoms with Crippen molar-refractivity contribution in [2.24, 2.45) is 0 Å². The zero-order valence-corrected chi connectivity index (χ0v) is 24.4. The molecule has 2 aromatic heterocycles. The fourth-order valence-electron chi connectivity index (χ4n) is 3.84. The molecule has 1 atom stereocenters. The lowest BCUT2D eigenvalue weighted by Crippen LogP contribution is -2.17. The van der Waals surface area contributed by atoms with Gasteiger partial charge in [0.2, 0.25) is 5.91 Å². The van der Waals surface area contributed by atoms with Crippen LogP contribution in [0, 0.1) is 0 Å². The highest BCUT2D eigenvalue weighted by Gasteiger charge is 2.24. The lowest BCUT2D eigenvalue weighted by Gasteiger charge is -2.16. The quantitative estimate of drug-likeness (QED) is 0.112. The predicted molar refractivity (Wildman–Crippen MR) is 158 cm³/mol. The summed E-state index contributed by atoms with van der Waals surface area (Å²) in [7, 11) is 2.89. The number of nitrogens with one attached hydrogen (secondary N) is 1. The third kappa shape index (κ3) is 6.85. The zero-order valence-electron chi connectivity index (χ0n) is 22.0. The summed E-state index contributed by atoms with van der Waals surface area (Å²) < 4.78 is 18.1. The van der Waals surface area contributed by atoms with Crippen molar-refractivity contribution in [2.75, 3.05) is 25.3 Å². The number of esters is 1. The maximum absolute atomic E-state index is 13.0. The summed E-state index contributed by atoms with van der Waals surface area (Å²) in [6, 6.07) is 14.4. The van der Waals surface area contributed by atoms with Gasteiger partial charge in [-0.2, -0.15) is 0 Å². The Labute approximate surface area is 245 Å². The van der Waals surface area contributed by atoms with E-state index < -0.39 is 12.1 Å². The molecular weight excluding hydrogens is 572 g/mol. The number of halogens is 1. The Bertz CT molecular complexity index is 1500. The minimum atomic E-state index is -0.543. The van der Waals surface area contributed by atoms with Crippen LogP contribution in [0.1, 0.15) is 29.2 Å². The minimum Gasteiger partial charge on any atom is -0.497 e. The first kappa shape index (κ1) is 29.2. The lowest BCUT2D eigenvalue weighted by atomic mass is 10.0. The number of hydrogen-bond donors (Lipinski definition) is 1. The van der Waals surface area contributed by atoms with Crippen LogP contribution in [0.4, 0.5) is 5.00 Å². The van der Waals surface area contributed by atoms with Gasteiger partial charge in [-0.1, -0.05) is 47.6 Å². The summed E-state index contributed by atoms with van der Waals surface area (Å²) in [6.07, 6.45) is 1.29. The molecule has 0 aliphatic rings. The molecule has 4 aromatic rings. The smallest absolute Gasteiger partial charge is 0.341 e. The number of anilines is 1. The predicted octanol–water partition coefficient (Wildman–Crippen LogP) is 6.51. The summed E-state index contributed by atoms with van der Waals surface area (Å²) in [4.78, 5) is 25.6. The molecule has 0 aliphatic carbocycles. The number of ether oxygens (including phenoxy) is 3. The number of thioether (sulfide) groups is 1. The van der Waals surface area contributed by atoms with E-state index in [0.717, 1.165) is 5.56 Å². The van der Waals surface area contributed by atoms with Gasteiger partial charge in [0.25, 0.3) is 0 Å². The van der Waals surface area contributed by atoms with Crippen LogP contribution >= 0.6 is 34.7 Å². The number of amides is 1. The molecule has 0 radical (unpaired) electrons. The van der Waals surface area contributed by atoms with Crippen molar-refractivity contribution in [3.05, 3.63) is 83.0 Å². The van der Waals surface area contributed by atoms with Crippen molar-refractivity contribution in [3.63, 3.8) is 0 Å². The molecule has 9 nitrogen and oxygen atoms in total. The van der Waals surface area contributed by atoms with E-state index in [0.29, 0.717) is 50.2 Å². The molecule has 1 N–H and O–H groups in total. The topological polar surface area (TPSA) is 105 Å². The maximum Gasteiger partial charge on any atom is 0.341 e. The zero-order chi connectivity index (χ0) is 28.6. The normalized spacial score (nSPS) is 11.5. The Hall–Kier alpha value is -3.80. The van der Waals surface area contributed by atoms with Gasteiger partial charge in [0, 0.05) is 22.5 Å². The highest BCUT2D eigenvalue weighted by molar-refractivity contribution is 7.99. The Balaban J connectivity index is 1.47. The van der Waals surface area contributed by atoms with E-state index in [-0.39, 0.29) is 11.7 Å². The third-order valence-corrected chi connectivity index (χ3v) is 7.79. The molecular formula is C28H27ClN4O5S2. The summed E-state index contributed by atoms with van der Waals surface area (Å²) in [5.74, 6) is 1.07. The van der Waals surface area contributed by atoms with Crippen molar-refractivity contribution in [3.8, 4) is 22.6 Å². The molecule has 208 valence electrons. The average Bonchev–Trinajstić information content (AvgIpc) is 3.56. The molecule has 1 amide bonds. The number of carbonyl (C=O) groups is 2. The molecule has 40 heavy (non-hydrogen) atoms. The monoisotopic (exact) mass is 598 g/mol. The first-order chi connectivity index (χ1) is 19.3. The van der Waals surface area contributed by atoms with E-state index in [1.165, 1.54) is 30.2 Å². The molecule has 1 unspecified atom stereocenters. The number of carbonyl (C=O) groups excluding carboxylic acids is 2. The van der Waals surface area contributed by atoms with Gasteiger partial charge in [0.15, 0.2) is 17.1 Å². The molecule has 2 heterocycles. The Morgan fingerprint density at radius 1 is 1.18 bits per heavy atom. The number of allylic oxidation sites excluding steroid dienone is 1. The second kappa shape index (κ2) is 13.5. The SMILES string of the molecule is C=CCn1c(SCC(=O)Nc2scc(-c3ccc(OC)cc3)c2C(=O)OC)nnc1C(C)Oc1cccc(Cl)c1. The molecule has 0 saturated heterocycles. The van der Waals surface area contributed by atoms with Crippen LogP contribution in [0.15, 0.2) is 71.7 Å². The van der Waals surface area contributed by atoms with Gasteiger partial charge >= 0.3 is 5.97 Å². The summed E-state index contributed by atoms with van der Waals surface area (Å²) >= 11 is 8.54. The van der Waals surface area contributed by atoms with Crippen molar-refractivity contribution in [2.45, 2.75) is 24.7 Å². The number of aromatic nitrogens is 3. The fraction of sp³-hybridized carbons (Fsp3) is 0.214. The van der Waals surface area contributed by atoms with Gasteiger partial charge in [-0.3, -0.25) is 9.36 Å². The van der Waals surface area contributed by atoms with Crippen LogP contribution in [0.2, 0.25) is 5.02 Å². The van der Waals surface area contributed by atoms with Crippen molar-refractivity contribution in [1.29, 1.82) is 0 Å². The van der Waals surface area contributed by atoms with Gasteiger partial charge in [-0.25, -0.2) is 4.79 Å². The molecule has 0 saturated carbocycles. The van der Waals surface area contributed by atoms with E-state index in [1.54, 1.807) is 43.5 Å². The largest absolute Gasteiger partial charge is 0.497 e. The Kier molecular flexibility index (Phi) is 9.86. The van der Waals surface area contributed by atoms with Crippen molar-refractivity contribution in [1.82, 2.24) is 14.8 Å². The molecule has 0 fully saturated rings. The first-order valence-corrected chi connectivity index (χ1v) is 14.3. The van der Waals surface area contributed by atoms with Crippen LogP contribution in [0.3, 0.4) is 0 Å². The van der Waals surface area contributed by atoms with E-state index in [2.05, 4.69) is 22.1 Å². The van der Waals surface area contributed by atoms with Gasteiger partial charge in [0.05, 0.1) is 20.0 Å². The van der Waals surface area contributed by atoms with Crippen molar-refractivity contribution < 1.29 is 23.8 Å². The van der Waals surface area contributed by atoms with Crippen LogP contribution < -0.4 is 14.8 Å². The molecule has 0 spiro atoms.